The monoisotopic (exact) mass is 528 g/mol. The van der Waals surface area contributed by atoms with E-state index in [9.17, 15) is 9.59 Å². The third-order valence-electron chi connectivity index (χ3n) is 6.20. The Labute approximate surface area is 227 Å². The first-order valence-corrected chi connectivity index (χ1v) is 12.5. The van der Waals surface area contributed by atoms with Gasteiger partial charge in [0.05, 0.1) is 38.3 Å². The number of aromatic nitrogens is 2. The number of hydrogen-bond donors (Lipinski definition) is 1. The predicted molar refractivity (Wildman–Crippen MR) is 150 cm³/mol. The van der Waals surface area contributed by atoms with Crippen molar-refractivity contribution in [3.05, 3.63) is 84.4 Å². The summed E-state index contributed by atoms with van der Waals surface area (Å²) in [4.78, 5) is 28.3. The van der Waals surface area contributed by atoms with Gasteiger partial charge in [-0.15, -0.1) is 0 Å². The molecule has 4 rings (SSSR count). The molecule has 0 bridgehead atoms. The number of carbonyl (C=O) groups excluding carboxylic acids is 2. The smallest absolute Gasteiger partial charge is 0.258 e. The maximum absolute atomic E-state index is 13.5. The fourth-order valence-corrected chi connectivity index (χ4v) is 4.10. The van der Waals surface area contributed by atoms with E-state index in [0.717, 1.165) is 11.3 Å². The molecule has 2 amide bonds. The molecule has 0 unspecified atom stereocenters. The van der Waals surface area contributed by atoms with Gasteiger partial charge in [-0.1, -0.05) is 30.3 Å². The number of ether oxygens (including phenoxy) is 3. The van der Waals surface area contributed by atoms with Crippen LogP contribution in [0.2, 0.25) is 0 Å². The average molecular weight is 529 g/mol. The minimum Gasteiger partial charge on any atom is -0.497 e. The number of rotatable bonds is 10. The lowest BCUT2D eigenvalue weighted by Crippen LogP contribution is -2.42. The molecular formula is C30H32N4O5. The molecule has 0 saturated carbocycles. The molecule has 4 aromatic rings. The van der Waals surface area contributed by atoms with Crippen LogP contribution in [0.1, 0.15) is 24.2 Å². The highest BCUT2D eigenvalue weighted by Crippen LogP contribution is 2.28. The van der Waals surface area contributed by atoms with Crippen molar-refractivity contribution < 1.29 is 23.8 Å². The zero-order chi connectivity index (χ0) is 27.9. The zero-order valence-electron chi connectivity index (χ0n) is 22.7. The van der Waals surface area contributed by atoms with Gasteiger partial charge < -0.3 is 24.4 Å². The number of hydrogen-bond acceptors (Lipinski definition) is 6. The van der Waals surface area contributed by atoms with Crippen molar-refractivity contribution in [2.45, 2.75) is 19.9 Å². The van der Waals surface area contributed by atoms with Crippen molar-refractivity contribution in [1.82, 2.24) is 14.7 Å². The van der Waals surface area contributed by atoms with Crippen LogP contribution < -0.4 is 19.5 Å². The molecule has 0 radical (unpaired) electrons. The minimum absolute atomic E-state index is 0.167. The second kappa shape index (κ2) is 12.2. The van der Waals surface area contributed by atoms with E-state index in [2.05, 4.69) is 5.32 Å². The molecule has 0 atom stereocenters. The van der Waals surface area contributed by atoms with Crippen molar-refractivity contribution in [3.8, 4) is 34.2 Å². The number of methoxy groups -OCH3 is 3. The van der Waals surface area contributed by atoms with Crippen LogP contribution in [0.5, 0.6) is 17.2 Å². The van der Waals surface area contributed by atoms with Crippen molar-refractivity contribution in [3.63, 3.8) is 0 Å². The fraction of sp³-hybridized carbons (Fsp3) is 0.233. The van der Waals surface area contributed by atoms with Gasteiger partial charge in [0.25, 0.3) is 5.91 Å². The van der Waals surface area contributed by atoms with Crippen LogP contribution in [-0.4, -0.2) is 60.4 Å². The topological polar surface area (TPSA) is 94.9 Å². The third kappa shape index (κ3) is 6.20. The molecule has 3 aromatic carbocycles. The first kappa shape index (κ1) is 27.3. The van der Waals surface area contributed by atoms with Gasteiger partial charge in [0.1, 0.15) is 29.6 Å². The number of anilines is 1. The molecule has 0 aliphatic heterocycles. The van der Waals surface area contributed by atoms with Gasteiger partial charge in [0.2, 0.25) is 5.91 Å². The molecule has 9 nitrogen and oxygen atoms in total. The first-order valence-electron chi connectivity index (χ1n) is 12.5. The van der Waals surface area contributed by atoms with Crippen LogP contribution in [0.3, 0.4) is 0 Å². The molecule has 0 fully saturated rings. The summed E-state index contributed by atoms with van der Waals surface area (Å²) < 4.78 is 17.6. The van der Waals surface area contributed by atoms with E-state index in [1.807, 2.05) is 74.5 Å². The van der Waals surface area contributed by atoms with E-state index in [1.165, 1.54) is 12.0 Å². The quantitative estimate of drug-likeness (QED) is 0.309. The van der Waals surface area contributed by atoms with Gasteiger partial charge >= 0.3 is 0 Å². The molecule has 202 valence electrons. The standard InChI is InChI=1S/C30H32N4O5/c1-20(2)33(30(36)25-16-15-24(38-4)17-27(25)39-5)19-29(35)31-28-18-26(21-9-7-6-8-10-21)32-34(28)22-11-13-23(37-3)14-12-22/h6-18,20H,19H2,1-5H3,(H,31,35). The lowest BCUT2D eigenvalue weighted by atomic mass is 10.1. The summed E-state index contributed by atoms with van der Waals surface area (Å²) in [5.41, 5.74) is 2.69. The van der Waals surface area contributed by atoms with Crippen LogP contribution in [0.4, 0.5) is 5.82 Å². The Morgan fingerprint density at radius 1 is 0.872 bits per heavy atom. The Morgan fingerprint density at radius 2 is 1.54 bits per heavy atom. The number of nitrogens with one attached hydrogen (secondary N) is 1. The lowest BCUT2D eigenvalue weighted by molar-refractivity contribution is -0.117. The summed E-state index contributed by atoms with van der Waals surface area (Å²) in [6.45, 7) is 3.55. The fourth-order valence-electron chi connectivity index (χ4n) is 4.10. The summed E-state index contributed by atoms with van der Waals surface area (Å²) in [6.07, 6.45) is 0. The van der Waals surface area contributed by atoms with Gasteiger partial charge in [0.15, 0.2) is 0 Å². The molecule has 1 aromatic heterocycles. The van der Waals surface area contributed by atoms with Gasteiger partial charge in [-0.25, -0.2) is 4.68 Å². The molecule has 39 heavy (non-hydrogen) atoms. The van der Waals surface area contributed by atoms with E-state index < -0.39 is 0 Å². The lowest BCUT2D eigenvalue weighted by Gasteiger charge is -2.27. The molecule has 0 saturated heterocycles. The third-order valence-corrected chi connectivity index (χ3v) is 6.20. The summed E-state index contributed by atoms with van der Waals surface area (Å²) in [7, 11) is 4.63. The maximum Gasteiger partial charge on any atom is 0.258 e. The normalized spacial score (nSPS) is 10.7. The molecule has 0 spiro atoms. The maximum atomic E-state index is 13.5. The van der Waals surface area contributed by atoms with E-state index in [1.54, 1.807) is 37.1 Å². The van der Waals surface area contributed by atoms with Crippen molar-refractivity contribution >= 4 is 17.6 Å². The van der Waals surface area contributed by atoms with Gasteiger partial charge in [-0.2, -0.15) is 5.10 Å². The van der Waals surface area contributed by atoms with Crippen LogP contribution in [0, 0.1) is 0 Å². The number of carbonyl (C=O) groups is 2. The van der Waals surface area contributed by atoms with Crippen LogP contribution in [0.25, 0.3) is 16.9 Å². The Kier molecular flexibility index (Phi) is 8.50. The zero-order valence-corrected chi connectivity index (χ0v) is 22.7. The van der Waals surface area contributed by atoms with Gasteiger partial charge in [-0.05, 0) is 50.2 Å². The van der Waals surface area contributed by atoms with Gasteiger partial charge in [0, 0.05) is 23.7 Å². The summed E-state index contributed by atoms with van der Waals surface area (Å²) in [5.74, 6) is 1.43. The van der Waals surface area contributed by atoms with Crippen LogP contribution >= 0.6 is 0 Å². The highest BCUT2D eigenvalue weighted by atomic mass is 16.5. The molecule has 0 aliphatic rings. The Hall–Kier alpha value is -4.79. The molecular weight excluding hydrogens is 496 g/mol. The summed E-state index contributed by atoms with van der Waals surface area (Å²) in [6, 6.07) is 23.6. The summed E-state index contributed by atoms with van der Waals surface area (Å²) in [5, 5.41) is 7.70. The van der Waals surface area contributed by atoms with Crippen molar-refractivity contribution in [2.75, 3.05) is 33.2 Å². The number of amides is 2. The molecule has 0 aliphatic carbocycles. The second-order valence-corrected chi connectivity index (χ2v) is 9.03. The number of nitrogens with zero attached hydrogens (tertiary/aromatic N) is 3. The highest BCUT2D eigenvalue weighted by Gasteiger charge is 2.25. The highest BCUT2D eigenvalue weighted by molar-refractivity contribution is 6.01. The van der Waals surface area contributed by atoms with Crippen LogP contribution in [-0.2, 0) is 4.79 Å². The molecule has 9 heteroatoms. The van der Waals surface area contributed by atoms with Crippen LogP contribution in [0.15, 0.2) is 78.9 Å². The SMILES string of the molecule is COc1ccc(-n2nc(-c3ccccc3)cc2NC(=O)CN(C(=O)c2ccc(OC)cc2OC)C(C)C)cc1. The first-order chi connectivity index (χ1) is 18.8. The Balaban J connectivity index is 1.62. The van der Waals surface area contributed by atoms with E-state index in [-0.39, 0.29) is 24.4 Å². The van der Waals surface area contributed by atoms with Crippen molar-refractivity contribution in [1.29, 1.82) is 0 Å². The molecule has 1 heterocycles. The summed E-state index contributed by atoms with van der Waals surface area (Å²) >= 11 is 0. The van der Waals surface area contributed by atoms with E-state index in [0.29, 0.717) is 34.3 Å². The number of benzene rings is 3. The largest absolute Gasteiger partial charge is 0.497 e. The average Bonchev–Trinajstić information content (AvgIpc) is 3.39. The second-order valence-electron chi connectivity index (χ2n) is 9.03. The Bertz CT molecular complexity index is 1430. The van der Waals surface area contributed by atoms with E-state index in [4.69, 9.17) is 19.3 Å². The van der Waals surface area contributed by atoms with Gasteiger partial charge in [-0.3, -0.25) is 9.59 Å². The Morgan fingerprint density at radius 3 is 2.15 bits per heavy atom. The molecule has 1 N–H and O–H groups in total. The van der Waals surface area contributed by atoms with Crippen molar-refractivity contribution in [2.24, 2.45) is 0 Å². The predicted octanol–water partition coefficient (Wildman–Crippen LogP) is 5.05. The minimum atomic E-state index is -0.362. The van der Waals surface area contributed by atoms with E-state index >= 15 is 0 Å².